The summed E-state index contributed by atoms with van der Waals surface area (Å²) in [5.74, 6) is -2.63. The zero-order valence-corrected chi connectivity index (χ0v) is 17.7. The van der Waals surface area contributed by atoms with Crippen LogP contribution in [0.2, 0.25) is 0 Å². The number of allylic oxidation sites excluding steroid dienone is 2. The molecule has 7 nitrogen and oxygen atoms in total. The van der Waals surface area contributed by atoms with Gasteiger partial charge in [0, 0.05) is 6.42 Å². The largest absolute Gasteiger partial charge is 0.508 e. The normalized spacial score (nSPS) is 22.6. The Hall–Kier alpha value is -3.32. The first-order chi connectivity index (χ1) is 14.7. The fraction of sp³-hybridized carbons (Fsp3) is 0.333. The minimum absolute atomic E-state index is 0.00889. The minimum atomic E-state index is -1.80. The molecule has 3 N–H and O–H groups in total. The van der Waals surface area contributed by atoms with Gasteiger partial charge >= 0.3 is 11.9 Å². The van der Waals surface area contributed by atoms with Gasteiger partial charge in [-0.15, -0.1) is 0 Å². The number of aliphatic hydroxyl groups excluding tert-OH is 1. The molecule has 1 aliphatic rings. The molecule has 2 aromatic rings. The first-order valence-electron chi connectivity index (χ1n) is 9.90. The van der Waals surface area contributed by atoms with Crippen LogP contribution in [0.25, 0.3) is 0 Å². The van der Waals surface area contributed by atoms with Crippen molar-refractivity contribution >= 4 is 11.9 Å². The summed E-state index contributed by atoms with van der Waals surface area (Å²) in [5, 5.41) is 30.4. The van der Waals surface area contributed by atoms with E-state index in [0.717, 1.165) is 5.57 Å². The van der Waals surface area contributed by atoms with Crippen LogP contribution >= 0.6 is 0 Å². The molecule has 1 saturated heterocycles. The number of cyclic esters (lactones) is 1. The molecule has 3 rings (SSSR count). The van der Waals surface area contributed by atoms with Gasteiger partial charge in [-0.2, -0.15) is 0 Å². The molecule has 164 valence electrons. The van der Waals surface area contributed by atoms with Crippen LogP contribution in [0.15, 0.2) is 54.1 Å². The van der Waals surface area contributed by atoms with Crippen molar-refractivity contribution in [1.82, 2.24) is 0 Å². The monoisotopic (exact) mass is 426 g/mol. The molecule has 3 atom stereocenters. The third kappa shape index (κ3) is 4.41. The van der Waals surface area contributed by atoms with Crippen molar-refractivity contribution in [2.24, 2.45) is 0 Å². The fourth-order valence-electron chi connectivity index (χ4n) is 3.92. The molecule has 0 bridgehead atoms. The Labute approximate surface area is 180 Å². The van der Waals surface area contributed by atoms with Crippen LogP contribution in [0.1, 0.15) is 36.5 Å². The lowest BCUT2D eigenvalue weighted by molar-refractivity contribution is -0.173. The van der Waals surface area contributed by atoms with Crippen LogP contribution in [0.4, 0.5) is 0 Å². The Balaban J connectivity index is 2.07. The van der Waals surface area contributed by atoms with Gasteiger partial charge in [-0.3, -0.25) is 0 Å². The lowest BCUT2D eigenvalue weighted by Crippen LogP contribution is -2.47. The summed E-state index contributed by atoms with van der Waals surface area (Å²) in [6, 6.07) is 10.8. The van der Waals surface area contributed by atoms with Crippen LogP contribution in [0.5, 0.6) is 11.5 Å². The van der Waals surface area contributed by atoms with E-state index in [-0.39, 0.29) is 17.9 Å². The lowest BCUT2D eigenvalue weighted by atomic mass is 9.76. The third-order valence-electron chi connectivity index (χ3n) is 5.47. The summed E-state index contributed by atoms with van der Waals surface area (Å²) in [5.41, 5.74) is 1.03. The van der Waals surface area contributed by atoms with Gasteiger partial charge in [-0.25, -0.2) is 9.59 Å². The molecule has 3 unspecified atom stereocenters. The van der Waals surface area contributed by atoms with Gasteiger partial charge in [0.1, 0.15) is 11.5 Å². The van der Waals surface area contributed by atoms with Crippen molar-refractivity contribution in [3.05, 3.63) is 70.8 Å². The molecule has 2 aromatic carbocycles. The molecule has 0 amide bonds. The number of hydrogen-bond acceptors (Lipinski definition) is 7. The highest BCUT2D eigenvalue weighted by Crippen LogP contribution is 2.44. The number of phenolic OH excluding ortho intramolecular Hbond substituents is 2. The van der Waals surface area contributed by atoms with Crippen LogP contribution in [0, 0.1) is 0 Å². The lowest BCUT2D eigenvalue weighted by Gasteiger charge is -2.31. The van der Waals surface area contributed by atoms with E-state index < -0.39 is 29.6 Å². The van der Waals surface area contributed by atoms with Crippen molar-refractivity contribution in [1.29, 1.82) is 0 Å². The number of ether oxygens (including phenoxy) is 2. The van der Waals surface area contributed by atoms with Crippen molar-refractivity contribution < 1.29 is 34.4 Å². The van der Waals surface area contributed by atoms with Gasteiger partial charge in [0.05, 0.1) is 13.0 Å². The van der Waals surface area contributed by atoms with E-state index in [1.807, 2.05) is 19.9 Å². The topological polar surface area (TPSA) is 113 Å². The maximum Gasteiger partial charge on any atom is 0.351 e. The maximum absolute atomic E-state index is 12.9. The SMILES string of the molecule is COC(=O)C1(Cc2ccc(O)c(CC=C(C)C)c2)OC(=O)C(O)C1c1ccc(O)cc1. The zero-order chi connectivity index (χ0) is 22.8. The highest BCUT2D eigenvalue weighted by Gasteiger charge is 2.61. The number of benzene rings is 2. The number of aromatic hydroxyl groups is 2. The van der Waals surface area contributed by atoms with Crippen LogP contribution < -0.4 is 0 Å². The number of rotatable bonds is 6. The average molecular weight is 426 g/mol. The highest BCUT2D eigenvalue weighted by atomic mass is 16.6. The van der Waals surface area contributed by atoms with E-state index in [4.69, 9.17) is 9.47 Å². The summed E-state index contributed by atoms with van der Waals surface area (Å²) in [6.45, 7) is 3.91. The van der Waals surface area contributed by atoms with Gasteiger partial charge < -0.3 is 24.8 Å². The van der Waals surface area contributed by atoms with Gasteiger partial charge in [0.15, 0.2) is 6.10 Å². The number of carbonyl (C=O) groups excluding carboxylic acids is 2. The smallest absolute Gasteiger partial charge is 0.351 e. The van der Waals surface area contributed by atoms with Gasteiger partial charge in [0.25, 0.3) is 0 Å². The number of methoxy groups -OCH3 is 1. The molecule has 7 heteroatoms. The summed E-state index contributed by atoms with van der Waals surface area (Å²) in [4.78, 5) is 25.3. The third-order valence-corrected chi connectivity index (χ3v) is 5.47. The van der Waals surface area contributed by atoms with Crippen molar-refractivity contribution in [3.8, 4) is 11.5 Å². The molecule has 0 saturated carbocycles. The standard InChI is InChI=1S/C24H26O7/c1-14(2)4-6-17-12-15(5-11-19(17)26)13-24(23(29)30-3)20(21(27)22(28)31-24)16-7-9-18(25)10-8-16/h4-5,7-12,20-21,25-27H,6,13H2,1-3H3. The van der Waals surface area contributed by atoms with Crippen molar-refractivity contribution in [2.75, 3.05) is 7.11 Å². The van der Waals surface area contributed by atoms with Crippen LogP contribution in [0.3, 0.4) is 0 Å². The molecular weight excluding hydrogens is 400 g/mol. The molecule has 0 radical (unpaired) electrons. The van der Waals surface area contributed by atoms with Crippen LogP contribution in [-0.2, 0) is 31.9 Å². The van der Waals surface area contributed by atoms with Crippen LogP contribution in [-0.4, -0.2) is 46.1 Å². The van der Waals surface area contributed by atoms with E-state index in [9.17, 15) is 24.9 Å². The molecular formula is C24H26O7. The van der Waals surface area contributed by atoms with Crippen molar-refractivity contribution in [2.45, 2.75) is 44.3 Å². The Bertz CT molecular complexity index is 1010. The quantitative estimate of drug-likeness (QED) is 0.481. The number of aliphatic hydroxyl groups is 1. The Morgan fingerprint density at radius 2 is 1.84 bits per heavy atom. The summed E-state index contributed by atoms with van der Waals surface area (Å²) < 4.78 is 10.5. The fourth-order valence-corrected chi connectivity index (χ4v) is 3.92. The van der Waals surface area contributed by atoms with Crippen molar-refractivity contribution in [3.63, 3.8) is 0 Å². The average Bonchev–Trinajstić information content (AvgIpc) is 2.99. The molecule has 1 aliphatic heterocycles. The molecule has 1 heterocycles. The first kappa shape index (κ1) is 22.4. The number of carbonyl (C=O) groups is 2. The second-order valence-corrected chi connectivity index (χ2v) is 7.94. The van der Waals surface area contributed by atoms with E-state index in [2.05, 4.69) is 0 Å². The summed E-state index contributed by atoms with van der Waals surface area (Å²) >= 11 is 0. The first-order valence-corrected chi connectivity index (χ1v) is 9.90. The van der Waals surface area contributed by atoms with Gasteiger partial charge in [0.2, 0.25) is 5.60 Å². The predicted octanol–water partition coefficient (Wildman–Crippen LogP) is 2.76. The highest BCUT2D eigenvalue weighted by molar-refractivity contribution is 5.91. The predicted molar refractivity (Wildman–Crippen MR) is 113 cm³/mol. The molecule has 0 spiro atoms. The van der Waals surface area contributed by atoms with E-state index in [1.54, 1.807) is 12.1 Å². The molecule has 31 heavy (non-hydrogen) atoms. The second-order valence-electron chi connectivity index (χ2n) is 7.94. The number of phenols is 2. The minimum Gasteiger partial charge on any atom is -0.508 e. The Morgan fingerprint density at radius 3 is 2.45 bits per heavy atom. The Kier molecular flexibility index (Phi) is 6.36. The molecule has 1 fully saturated rings. The van der Waals surface area contributed by atoms with Gasteiger partial charge in [-0.05, 0) is 55.2 Å². The van der Waals surface area contributed by atoms with E-state index >= 15 is 0 Å². The number of hydrogen-bond donors (Lipinski definition) is 3. The van der Waals surface area contributed by atoms with E-state index in [1.165, 1.54) is 37.4 Å². The van der Waals surface area contributed by atoms with E-state index in [0.29, 0.717) is 23.1 Å². The molecule has 0 aromatic heterocycles. The molecule has 0 aliphatic carbocycles. The van der Waals surface area contributed by atoms with Gasteiger partial charge in [-0.1, -0.05) is 35.9 Å². The second kappa shape index (κ2) is 8.81. The summed E-state index contributed by atoms with van der Waals surface area (Å²) in [7, 11) is 1.19. The Morgan fingerprint density at radius 1 is 1.16 bits per heavy atom. The summed E-state index contributed by atoms with van der Waals surface area (Å²) in [6.07, 6.45) is 0.826. The number of esters is 2. The maximum atomic E-state index is 12.9. The zero-order valence-electron chi connectivity index (χ0n) is 17.7.